The van der Waals surface area contributed by atoms with Gasteiger partial charge >= 0.3 is 5.97 Å². The van der Waals surface area contributed by atoms with E-state index in [1.54, 1.807) is 25.1 Å². The minimum absolute atomic E-state index is 0.0236. The minimum atomic E-state index is -0.740. The Morgan fingerprint density at radius 2 is 1.63 bits per heavy atom. The number of esters is 1. The lowest BCUT2D eigenvalue weighted by Gasteiger charge is -2.11. The van der Waals surface area contributed by atoms with Crippen LogP contribution in [-0.2, 0) is 4.74 Å². The van der Waals surface area contributed by atoms with Crippen LogP contribution in [-0.4, -0.2) is 44.0 Å². The lowest BCUT2D eigenvalue weighted by molar-refractivity contribution is -0.384. The lowest BCUT2D eigenvalue weighted by Crippen LogP contribution is -2.14. The van der Waals surface area contributed by atoms with E-state index in [2.05, 4.69) is 10.6 Å². The van der Waals surface area contributed by atoms with Gasteiger partial charge in [-0.2, -0.15) is 0 Å². The van der Waals surface area contributed by atoms with Crippen LogP contribution in [0.4, 0.5) is 16.4 Å². The van der Waals surface area contributed by atoms with Crippen molar-refractivity contribution >= 4 is 45.5 Å². The Labute approximate surface area is 203 Å². The molecule has 0 radical (unpaired) electrons. The molecule has 0 spiro atoms. The molecule has 0 saturated carbocycles. The molecule has 12 heteroatoms. The van der Waals surface area contributed by atoms with Crippen LogP contribution in [0.1, 0.15) is 36.0 Å². The van der Waals surface area contributed by atoms with E-state index in [0.29, 0.717) is 22.7 Å². The maximum absolute atomic E-state index is 13.1. The number of thiophene rings is 1. The van der Waals surface area contributed by atoms with E-state index in [0.717, 1.165) is 11.3 Å². The fraction of sp³-hybridized carbons (Fsp3) is 0.174. The number of amides is 2. The van der Waals surface area contributed by atoms with Crippen molar-refractivity contribution in [1.82, 2.24) is 0 Å². The predicted octanol–water partition coefficient (Wildman–Crippen LogP) is 4.27. The van der Waals surface area contributed by atoms with E-state index < -0.39 is 22.7 Å². The van der Waals surface area contributed by atoms with Gasteiger partial charge in [-0.1, -0.05) is 0 Å². The molecule has 0 fully saturated rings. The largest absolute Gasteiger partial charge is 0.497 e. The number of methoxy groups -OCH3 is 3. The van der Waals surface area contributed by atoms with Gasteiger partial charge in [-0.15, -0.1) is 11.3 Å². The zero-order valence-electron chi connectivity index (χ0n) is 19.2. The molecular weight excluding hydrogens is 478 g/mol. The third-order valence-electron chi connectivity index (χ3n) is 4.96. The van der Waals surface area contributed by atoms with E-state index >= 15 is 0 Å². The number of hydrogen-bond donors (Lipinski definition) is 2. The summed E-state index contributed by atoms with van der Waals surface area (Å²) in [6.07, 6.45) is 0. The normalized spacial score (nSPS) is 10.3. The summed E-state index contributed by atoms with van der Waals surface area (Å²) >= 11 is 0.887. The average Bonchev–Trinajstić information content (AvgIpc) is 3.18. The van der Waals surface area contributed by atoms with Crippen molar-refractivity contribution in [1.29, 1.82) is 0 Å². The van der Waals surface area contributed by atoms with E-state index in [1.165, 1.54) is 45.6 Å². The molecule has 1 aromatic heterocycles. The molecule has 0 aliphatic rings. The van der Waals surface area contributed by atoms with Crippen molar-refractivity contribution in [3.63, 3.8) is 0 Å². The van der Waals surface area contributed by atoms with Gasteiger partial charge in [0.15, 0.2) is 0 Å². The van der Waals surface area contributed by atoms with Crippen LogP contribution in [0.5, 0.6) is 11.5 Å². The number of anilines is 2. The maximum atomic E-state index is 13.1. The second-order valence-corrected chi connectivity index (χ2v) is 8.05. The standard InChI is InChI=1S/C23H21N3O8S/c1-12-18(23(29)34-4)22(25-20(27)13-5-7-14(8-6-13)26(30)31)35-19(12)21(28)24-16-11-15(32-2)9-10-17(16)33-3/h5-11H,1-4H3,(H,24,28)(H,25,27). The Morgan fingerprint density at radius 3 is 2.20 bits per heavy atom. The van der Waals surface area contributed by atoms with Gasteiger partial charge in [-0.25, -0.2) is 4.79 Å². The lowest BCUT2D eigenvalue weighted by atomic mass is 10.1. The number of nitro benzene ring substituents is 1. The molecule has 0 aliphatic carbocycles. The number of carbonyl (C=O) groups excluding carboxylic acids is 3. The smallest absolute Gasteiger partial charge is 0.341 e. The molecule has 1 heterocycles. The Bertz CT molecular complexity index is 1300. The third-order valence-corrected chi connectivity index (χ3v) is 6.17. The summed E-state index contributed by atoms with van der Waals surface area (Å²) in [5.74, 6) is -1.01. The van der Waals surface area contributed by atoms with Crippen LogP contribution in [0.25, 0.3) is 0 Å². The molecule has 2 amide bonds. The Morgan fingerprint density at radius 1 is 0.943 bits per heavy atom. The second kappa shape index (κ2) is 10.7. The molecule has 11 nitrogen and oxygen atoms in total. The zero-order chi connectivity index (χ0) is 25.7. The Balaban J connectivity index is 1.94. The highest BCUT2D eigenvalue weighted by molar-refractivity contribution is 7.19. The summed E-state index contributed by atoms with van der Waals surface area (Å²) in [5, 5.41) is 16.3. The number of hydrogen-bond acceptors (Lipinski definition) is 9. The summed E-state index contributed by atoms with van der Waals surface area (Å²) in [4.78, 5) is 48.7. The van der Waals surface area contributed by atoms with Gasteiger partial charge in [0.05, 0.1) is 42.4 Å². The average molecular weight is 500 g/mol. The molecule has 182 valence electrons. The SMILES string of the molecule is COC(=O)c1c(NC(=O)c2ccc([N+](=O)[O-])cc2)sc(C(=O)Nc2cc(OC)ccc2OC)c1C. The molecule has 35 heavy (non-hydrogen) atoms. The first kappa shape index (κ1) is 25.2. The predicted molar refractivity (Wildman–Crippen MR) is 129 cm³/mol. The summed E-state index contributed by atoms with van der Waals surface area (Å²) in [6, 6.07) is 9.84. The summed E-state index contributed by atoms with van der Waals surface area (Å²) < 4.78 is 15.3. The van der Waals surface area contributed by atoms with Gasteiger partial charge < -0.3 is 24.8 Å². The van der Waals surface area contributed by atoms with Gasteiger partial charge in [0.25, 0.3) is 17.5 Å². The highest BCUT2D eigenvalue weighted by Gasteiger charge is 2.27. The Kier molecular flexibility index (Phi) is 7.66. The van der Waals surface area contributed by atoms with Gasteiger partial charge in [0.1, 0.15) is 16.5 Å². The maximum Gasteiger partial charge on any atom is 0.341 e. The van der Waals surface area contributed by atoms with Crippen molar-refractivity contribution in [2.45, 2.75) is 6.92 Å². The topological polar surface area (TPSA) is 146 Å². The fourth-order valence-corrected chi connectivity index (χ4v) is 4.25. The highest BCUT2D eigenvalue weighted by Crippen LogP contribution is 2.36. The molecule has 3 aromatic rings. The minimum Gasteiger partial charge on any atom is -0.497 e. The first-order valence-electron chi connectivity index (χ1n) is 10.0. The van der Waals surface area contributed by atoms with Crippen LogP contribution < -0.4 is 20.1 Å². The molecule has 3 rings (SSSR count). The quantitative estimate of drug-likeness (QED) is 0.265. The molecular formula is C23H21N3O8S. The second-order valence-electron chi connectivity index (χ2n) is 7.03. The summed E-state index contributed by atoms with van der Waals surface area (Å²) in [6.45, 7) is 1.56. The molecule has 2 N–H and O–H groups in total. The first-order chi connectivity index (χ1) is 16.7. The summed E-state index contributed by atoms with van der Waals surface area (Å²) in [7, 11) is 4.12. The number of ether oxygens (including phenoxy) is 3. The third kappa shape index (κ3) is 5.38. The Hall–Kier alpha value is -4.45. The molecule has 0 saturated heterocycles. The van der Waals surface area contributed by atoms with E-state index in [1.807, 2.05) is 0 Å². The number of nitrogens with one attached hydrogen (secondary N) is 2. The van der Waals surface area contributed by atoms with Crippen molar-refractivity contribution in [2.75, 3.05) is 32.0 Å². The first-order valence-corrected chi connectivity index (χ1v) is 10.8. The summed E-state index contributed by atoms with van der Waals surface area (Å²) in [5.41, 5.74) is 0.636. The molecule has 0 bridgehead atoms. The van der Waals surface area contributed by atoms with Crippen molar-refractivity contribution in [2.24, 2.45) is 0 Å². The highest BCUT2D eigenvalue weighted by atomic mass is 32.1. The van der Waals surface area contributed by atoms with Gasteiger partial charge in [0.2, 0.25) is 0 Å². The monoisotopic (exact) mass is 499 g/mol. The van der Waals surface area contributed by atoms with E-state index in [9.17, 15) is 24.5 Å². The van der Waals surface area contributed by atoms with Crippen LogP contribution in [0.2, 0.25) is 0 Å². The fourth-order valence-electron chi connectivity index (χ4n) is 3.17. The molecule has 0 unspecified atom stereocenters. The number of nitrogens with zero attached hydrogens (tertiary/aromatic N) is 1. The van der Waals surface area contributed by atoms with Crippen molar-refractivity contribution in [3.8, 4) is 11.5 Å². The molecule has 0 atom stereocenters. The number of carbonyl (C=O) groups is 3. The van der Waals surface area contributed by atoms with E-state index in [4.69, 9.17) is 14.2 Å². The zero-order valence-corrected chi connectivity index (χ0v) is 20.0. The van der Waals surface area contributed by atoms with Gasteiger partial charge in [0, 0.05) is 23.8 Å². The number of nitro groups is 1. The number of rotatable bonds is 8. The van der Waals surface area contributed by atoms with Gasteiger partial charge in [-0.05, 0) is 36.8 Å². The van der Waals surface area contributed by atoms with Crippen LogP contribution >= 0.6 is 11.3 Å². The van der Waals surface area contributed by atoms with Crippen LogP contribution in [0, 0.1) is 17.0 Å². The van der Waals surface area contributed by atoms with Crippen molar-refractivity contribution < 1.29 is 33.5 Å². The van der Waals surface area contributed by atoms with Crippen molar-refractivity contribution in [3.05, 3.63) is 74.1 Å². The van der Waals surface area contributed by atoms with Gasteiger partial charge in [-0.3, -0.25) is 19.7 Å². The van der Waals surface area contributed by atoms with Crippen LogP contribution in [0.15, 0.2) is 42.5 Å². The number of non-ortho nitro benzene ring substituents is 1. The molecule has 0 aliphatic heterocycles. The van der Waals surface area contributed by atoms with Crippen LogP contribution in [0.3, 0.4) is 0 Å². The number of benzene rings is 2. The van der Waals surface area contributed by atoms with E-state index in [-0.39, 0.29) is 26.7 Å². The molecule has 2 aromatic carbocycles.